The lowest BCUT2D eigenvalue weighted by atomic mass is 10.2. The zero-order valence-electron chi connectivity index (χ0n) is 8.59. The Balaban J connectivity index is 2.81. The number of halogens is 1. The Morgan fingerprint density at radius 1 is 1.64 bits per heavy atom. The van der Waals surface area contributed by atoms with E-state index in [9.17, 15) is 4.79 Å². The highest BCUT2D eigenvalue weighted by atomic mass is 35.5. The zero-order valence-corrected chi connectivity index (χ0v) is 9.35. The van der Waals surface area contributed by atoms with Gasteiger partial charge in [0.15, 0.2) is 5.78 Å². The summed E-state index contributed by atoms with van der Waals surface area (Å²) in [7, 11) is 3.54. The molecule has 0 aliphatic carbocycles. The van der Waals surface area contributed by atoms with Crippen LogP contribution in [0.4, 0.5) is 0 Å². The molecule has 0 aliphatic rings. The summed E-state index contributed by atoms with van der Waals surface area (Å²) in [6, 6.07) is 0. The second kappa shape index (κ2) is 4.57. The molecule has 0 amide bonds. The summed E-state index contributed by atoms with van der Waals surface area (Å²) < 4.78 is 1.66. The highest BCUT2D eigenvalue weighted by Crippen LogP contribution is 2.19. The van der Waals surface area contributed by atoms with E-state index in [-0.39, 0.29) is 5.78 Å². The Hall–Kier alpha value is -0.870. The predicted octanol–water partition coefficient (Wildman–Crippen LogP) is 0.713. The second-order valence-electron chi connectivity index (χ2n) is 3.22. The summed E-state index contributed by atoms with van der Waals surface area (Å²) >= 11 is 6.00. The van der Waals surface area contributed by atoms with Crippen LogP contribution in [0.1, 0.15) is 11.4 Å². The first-order chi connectivity index (χ1) is 6.56. The van der Waals surface area contributed by atoms with E-state index in [0.29, 0.717) is 18.0 Å². The summed E-state index contributed by atoms with van der Waals surface area (Å²) in [5, 5.41) is 7.54. The molecule has 1 aromatic rings. The Morgan fingerprint density at radius 2 is 2.29 bits per heavy atom. The number of nitrogens with one attached hydrogen (secondary N) is 1. The van der Waals surface area contributed by atoms with E-state index in [1.165, 1.54) is 0 Å². The molecule has 5 heteroatoms. The van der Waals surface area contributed by atoms with Crippen LogP contribution < -0.4 is 5.32 Å². The number of aromatic nitrogens is 2. The summed E-state index contributed by atoms with van der Waals surface area (Å²) in [5.74, 6) is 0.109. The second-order valence-corrected chi connectivity index (χ2v) is 3.59. The van der Waals surface area contributed by atoms with Crippen LogP contribution in [-0.4, -0.2) is 29.2 Å². The van der Waals surface area contributed by atoms with Crippen molar-refractivity contribution in [2.75, 3.05) is 13.6 Å². The quantitative estimate of drug-likeness (QED) is 0.805. The van der Waals surface area contributed by atoms with Gasteiger partial charge in [-0.25, -0.2) is 0 Å². The lowest BCUT2D eigenvalue weighted by molar-refractivity contribution is -0.117. The van der Waals surface area contributed by atoms with Crippen molar-refractivity contribution >= 4 is 17.4 Å². The van der Waals surface area contributed by atoms with Gasteiger partial charge in [-0.2, -0.15) is 5.10 Å². The van der Waals surface area contributed by atoms with Crippen LogP contribution >= 0.6 is 11.6 Å². The average Bonchev–Trinajstić information content (AvgIpc) is 2.33. The fourth-order valence-electron chi connectivity index (χ4n) is 1.32. The standard InChI is InChI=1S/C9H14ClN3O/c1-6-9(10)8(13(3)12-6)4-7(14)5-11-2/h11H,4-5H2,1-3H3. The largest absolute Gasteiger partial charge is 0.313 e. The topological polar surface area (TPSA) is 46.9 Å². The molecule has 0 saturated heterocycles. The molecule has 0 spiro atoms. The molecule has 0 radical (unpaired) electrons. The average molecular weight is 216 g/mol. The van der Waals surface area contributed by atoms with Crippen LogP contribution in [0.3, 0.4) is 0 Å². The summed E-state index contributed by atoms with van der Waals surface area (Å²) in [6.07, 6.45) is 0.330. The number of ketones is 1. The van der Waals surface area contributed by atoms with Gasteiger partial charge in [0.1, 0.15) is 0 Å². The van der Waals surface area contributed by atoms with Gasteiger partial charge in [0.25, 0.3) is 0 Å². The number of hydrogen-bond donors (Lipinski definition) is 1. The van der Waals surface area contributed by atoms with Gasteiger partial charge in [-0.1, -0.05) is 11.6 Å². The molecule has 0 aromatic carbocycles. The molecule has 1 heterocycles. The molecule has 0 bridgehead atoms. The third kappa shape index (κ3) is 2.33. The Bertz CT molecular complexity index is 346. The zero-order chi connectivity index (χ0) is 10.7. The van der Waals surface area contributed by atoms with Crippen molar-refractivity contribution in [1.82, 2.24) is 15.1 Å². The fraction of sp³-hybridized carbons (Fsp3) is 0.556. The molecule has 0 aliphatic heterocycles. The Labute approximate surface area is 88.2 Å². The van der Waals surface area contributed by atoms with Crippen LogP contribution in [-0.2, 0) is 18.3 Å². The number of Topliss-reactive ketones (excluding diaryl/α,β-unsaturated/α-hetero) is 1. The van der Waals surface area contributed by atoms with Gasteiger partial charge >= 0.3 is 0 Å². The van der Waals surface area contributed by atoms with E-state index in [1.807, 2.05) is 6.92 Å². The molecule has 1 rings (SSSR count). The number of carbonyl (C=O) groups excluding carboxylic acids is 1. The monoisotopic (exact) mass is 215 g/mol. The molecule has 0 unspecified atom stereocenters. The molecule has 1 aromatic heterocycles. The molecule has 0 fully saturated rings. The first kappa shape index (κ1) is 11.2. The Morgan fingerprint density at radius 3 is 2.71 bits per heavy atom. The minimum Gasteiger partial charge on any atom is -0.313 e. The molecule has 0 saturated carbocycles. The maximum atomic E-state index is 11.4. The first-order valence-corrected chi connectivity index (χ1v) is 4.78. The van der Waals surface area contributed by atoms with Crippen molar-refractivity contribution in [3.63, 3.8) is 0 Å². The third-order valence-corrected chi connectivity index (χ3v) is 2.49. The molecule has 14 heavy (non-hydrogen) atoms. The van der Waals surface area contributed by atoms with Gasteiger partial charge in [0.05, 0.1) is 29.4 Å². The lowest BCUT2D eigenvalue weighted by Crippen LogP contribution is -2.21. The number of hydrogen-bond acceptors (Lipinski definition) is 3. The van der Waals surface area contributed by atoms with E-state index < -0.39 is 0 Å². The Kier molecular flexibility index (Phi) is 3.66. The van der Waals surface area contributed by atoms with Crippen molar-refractivity contribution in [3.8, 4) is 0 Å². The maximum absolute atomic E-state index is 11.4. The number of nitrogens with zero attached hydrogens (tertiary/aromatic N) is 2. The van der Waals surface area contributed by atoms with E-state index in [1.54, 1.807) is 18.8 Å². The minimum absolute atomic E-state index is 0.109. The number of rotatable bonds is 4. The predicted molar refractivity (Wildman–Crippen MR) is 55.6 cm³/mol. The lowest BCUT2D eigenvalue weighted by Gasteiger charge is -2.01. The van der Waals surface area contributed by atoms with Crippen molar-refractivity contribution in [3.05, 3.63) is 16.4 Å². The molecule has 0 atom stereocenters. The van der Waals surface area contributed by atoms with Gasteiger partial charge < -0.3 is 5.32 Å². The van der Waals surface area contributed by atoms with Crippen LogP contribution in [0, 0.1) is 6.92 Å². The van der Waals surface area contributed by atoms with E-state index >= 15 is 0 Å². The van der Waals surface area contributed by atoms with Crippen LogP contribution in [0.5, 0.6) is 0 Å². The van der Waals surface area contributed by atoms with Gasteiger partial charge in [-0.05, 0) is 14.0 Å². The van der Waals surface area contributed by atoms with Gasteiger partial charge in [-0.3, -0.25) is 9.48 Å². The van der Waals surface area contributed by atoms with Gasteiger partial charge in [-0.15, -0.1) is 0 Å². The van der Waals surface area contributed by atoms with Crippen molar-refractivity contribution in [1.29, 1.82) is 0 Å². The number of aryl methyl sites for hydroxylation is 2. The number of likely N-dealkylation sites (N-methyl/N-ethyl adjacent to an activating group) is 1. The third-order valence-electron chi connectivity index (χ3n) is 2.00. The van der Waals surface area contributed by atoms with Crippen molar-refractivity contribution in [2.24, 2.45) is 7.05 Å². The van der Waals surface area contributed by atoms with Crippen LogP contribution in [0.2, 0.25) is 5.02 Å². The van der Waals surface area contributed by atoms with Gasteiger partial charge in [0.2, 0.25) is 0 Å². The normalized spacial score (nSPS) is 10.6. The van der Waals surface area contributed by atoms with Crippen molar-refractivity contribution < 1.29 is 4.79 Å². The molecule has 78 valence electrons. The number of carbonyl (C=O) groups is 1. The van der Waals surface area contributed by atoms with Crippen LogP contribution in [0.25, 0.3) is 0 Å². The first-order valence-electron chi connectivity index (χ1n) is 4.40. The highest BCUT2D eigenvalue weighted by molar-refractivity contribution is 6.32. The summed E-state index contributed by atoms with van der Waals surface area (Å²) in [6.45, 7) is 2.19. The summed E-state index contributed by atoms with van der Waals surface area (Å²) in [5.41, 5.74) is 1.55. The van der Waals surface area contributed by atoms with Gasteiger partial charge in [0, 0.05) is 7.05 Å². The van der Waals surface area contributed by atoms with Crippen molar-refractivity contribution in [2.45, 2.75) is 13.3 Å². The molecular weight excluding hydrogens is 202 g/mol. The molecular formula is C9H14ClN3O. The molecule has 1 N–H and O–H groups in total. The molecule has 4 nitrogen and oxygen atoms in total. The van der Waals surface area contributed by atoms with E-state index in [2.05, 4.69) is 10.4 Å². The maximum Gasteiger partial charge on any atom is 0.152 e. The van der Waals surface area contributed by atoms with Crippen LogP contribution in [0.15, 0.2) is 0 Å². The van der Waals surface area contributed by atoms with E-state index in [0.717, 1.165) is 11.4 Å². The highest BCUT2D eigenvalue weighted by Gasteiger charge is 2.13. The minimum atomic E-state index is 0.109. The van der Waals surface area contributed by atoms with E-state index in [4.69, 9.17) is 11.6 Å². The smallest absolute Gasteiger partial charge is 0.152 e. The SMILES string of the molecule is CNCC(=O)Cc1c(Cl)c(C)nn1C. The summed E-state index contributed by atoms with van der Waals surface area (Å²) in [4.78, 5) is 11.4. The fourth-order valence-corrected chi connectivity index (χ4v) is 1.55.